The van der Waals surface area contributed by atoms with Crippen LogP contribution in [0.4, 0.5) is 17.1 Å². The van der Waals surface area contributed by atoms with E-state index < -0.39 is 0 Å². The lowest BCUT2D eigenvalue weighted by Crippen LogP contribution is -2.23. The Morgan fingerprint density at radius 1 is 0.353 bits per heavy atom. The second kappa shape index (κ2) is 12.1. The van der Waals surface area contributed by atoms with E-state index >= 15 is 0 Å². The highest BCUT2D eigenvalue weighted by atomic mass is 15.1. The fourth-order valence-corrected chi connectivity index (χ4v) is 9.81. The molecule has 0 radical (unpaired) electrons. The molecule has 0 fully saturated rings. The summed E-state index contributed by atoms with van der Waals surface area (Å²) in [5.41, 5.74) is 17.4. The monoisotopic (exact) mass is 659 g/mol. The minimum atomic E-state index is 0.0102. The molecule has 0 heterocycles. The third-order valence-electron chi connectivity index (χ3n) is 12.6. The molecule has 0 N–H and O–H groups in total. The van der Waals surface area contributed by atoms with Crippen molar-refractivity contribution in [3.05, 3.63) is 174 Å². The maximum atomic E-state index is 2.48. The summed E-state index contributed by atoms with van der Waals surface area (Å²) < 4.78 is 0. The summed E-state index contributed by atoms with van der Waals surface area (Å²) in [7, 11) is 0. The molecule has 2 aliphatic carbocycles. The smallest absolute Gasteiger partial charge is 0.0468 e. The van der Waals surface area contributed by atoms with Crippen molar-refractivity contribution >= 4 is 27.8 Å². The lowest BCUT2D eigenvalue weighted by Gasteiger charge is -2.31. The molecule has 0 bridgehead atoms. The normalized spacial score (nSPS) is 14.5. The Labute approximate surface area is 303 Å². The molecule has 1 nitrogen and oxygen atoms in total. The minimum absolute atomic E-state index is 0.0102. The summed E-state index contributed by atoms with van der Waals surface area (Å²) in [6.45, 7) is 9.42. The molecular weight excluding hydrogens is 615 g/mol. The van der Waals surface area contributed by atoms with Gasteiger partial charge in [-0.3, -0.25) is 0 Å². The fourth-order valence-electron chi connectivity index (χ4n) is 9.81. The van der Waals surface area contributed by atoms with Gasteiger partial charge in [-0.2, -0.15) is 0 Å². The minimum Gasteiger partial charge on any atom is -0.310 e. The van der Waals surface area contributed by atoms with Crippen molar-refractivity contribution in [2.24, 2.45) is 0 Å². The van der Waals surface area contributed by atoms with Crippen LogP contribution in [0, 0.1) is 0 Å². The highest BCUT2D eigenvalue weighted by molar-refractivity contribution is 5.95. The second-order valence-corrected chi connectivity index (χ2v) is 14.6. The molecule has 7 aromatic rings. The van der Waals surface area contributed by atoms with Crippen molar-refractivity contribution in [3.8, 4) is 33.4 Å². The van der Waals surface area contributed by atoms with Gasteiger partial charge in [-0.15, -0.1) is 0 Å². The first-order valence-electron chi connectivity index (χ1n) is 18.9. The third-order valence-corrected chi connectivity index (χ3v) is 12.6. The van der Waals surface area contributed by atoms with Crippen LogP contribution in [-0.4, -0.2) is 0 Å². The average Bonchev–Trinajstić information content (AvgIpc) is 3.63. The summed E-state index contributed by atoms with van der Waals surface area (Å²) in [6.07, 6.45) is 4.33. The SMILES string of the molecule is CCC1(CC)c2ccccc2-c2cc(N(c3ccc(-c4ccccc4)cc3)c3ccc4c(c3)-c3cc5ccccc5cc3C4(CC)CC)ccc21. The van der Waals surface area contributed by atoms with Gasteiger partial charge in [0.2, 0.25) is 0 Å². The molecule has 250 valence electrons. The van der Waals surface area contributed by atoms with Crippen LogP contribution in [0.3, 0.4) is 0 Å². The van der Waals surface area contributed by atoms with E-state index in [-0.39, 0.29) is 10.8 Å². The molecule has 9 rings (SSSR count). The van der Waals surface area contributed by atoms with E-state index in [2.05, 4.69) is 184 Å². The number of fused-ring (bicyclic) bond motifs is 7. The summed E-state index contributed by atoms with van der Waals surface area (Å²) in [5, 5.41) is 2.63. The molecule has 0 aliphatic heterocycles. The molecule has 7 aromatic carbocycles. The Balaban J connectivity index is 1.25. The Morgan fingerprint density at radius 2 is 0.804 bits per heavy atom. The van der Waals surface area contributed by atoms with E-state index in [0.29, 0.717) is 0 Å². The first-order chi connectivity index (χ1) is 25.0. The molecular formula is C50H45N. The van der Waals surface area contributed by atoms with Crippen LogP contribution < -0.4 is 4.90 Å². The Hall–Kier alpha value is -5.40. The molecule has 51 heavy (non-hydrogen) atoms. The summed E-state index contributed by atoms with van der Waals surface area (Å²) in [4.78, 5) is 2.48. The molecule has 0 saturated heterocycles. The molecule has 0 atom stereocenters. The Bertz CT molecular complexity index is 2410. The van der Waals surface area contributed by atoms with E-state index in [1.165, 1.54) is 77.8 Å². The van der Waals surface area contributed by atoms with Gasteiger partial charge in [0.05, 0.1) is 0 Å². The van der Waals surface area contributed by atoms with E-state index in [1.54, 1.807) is 0 Å². The predicted octanol–water partition coefficient (Wildman–Crippen LogP) is 14.1. The highest BCUT2D eigenvalue weighted by Gasteiger charge is 2.42. The molecule has 0 amide bonds. The van der Waals surface area contributed by atoms with Gasteiger partial charge < -0.3 is 4.90 Å². The van der Waals surface area contributed by atoms with Crippen molar-refractivity contribution in [2.45, 2.75) is 64.2 Å². The van der Waals surface area contributed by atoms with Gasteiger partial charge in [0.25, 0.3) is 0 Å². The van der Waals surface area contributed by atoms with Crippen molar-refractivity contribution < 1.29 is 0 Å². The predicted molar refractivity (Wildman–Crippen MR) is 218 cm³/mol. The maximum absolute atomic E-state index is 2.48. The van der Waals surface area contributed by atoms with Gasteiger partial charge >= 0.3 is 0 Å². The van der Waals surface area contributed by atoms with Gasteiger partial charge in [0, 0.05) is 27.9 Å². The zero-order valence-corrected chi connectivity index (χ0v) is 30.2. The number of hydrogen-bond donors (Lipinski definition) is 0. The van der Waals surface area contributed by atoms with Crippen LogP contribution in [0.2, 0.25) is 0 Å². The summed E-state index contributed by atoms with van der Waals surface area (Å²) >= 11 is 0. The number of nitrogens with zero attached hydrogens (tertiary/aromatic N) is 1. The van der Waals surface area contributed by atoms with E-state index in [0.717, 1.165) is 31.4 Å². The maximum Gasteiger partial charge on any atom is 0.0468 e. The van der Waals surface area contributed by atoms with Gasteiger partial charge in [0.15, 0.2) is 0 Å². The third kappa shape index (κ3) is 4.60. The second-order valence-electron chi connectivity index (χ2n) is 14.6. The van der Waals surface area contributed by atoms with Crippen LogP contribution in [0.5, 0.6) is 0 Å². The van der Waals surface area contributed by atoms with Crippen molar-refractivity contribution in [3.63, 3.8) is 0 Å². The highest BCUT2D eigenvalue weighted by Crippen LogP contribution is 2.56. The average molecular weight is 660 g/mol. The van der Waals surface area contributed by atoms with Crippen LogP contribution in [-0.2, 0) is 10.8 Å². The first kappa shape index (κ1) is 31.6. The number of anilines is 3. The van der Waals surface area contributed by atoms with Gasteiger partial charge in [0.1, 0.15) is 0 Å². The quantitative estimate of drug-likeness (QED) is 0.157. The number of rotatable bonds is 8. The molecule has 0 saturated carbocycles. The lowest BCUT2D eigenvalue weighted by molar-refractivity contribution is 0.490. The van der Waals surface area contributed by atoms with Crippen molar-refractivity contribution in [1.29, 1.82) is 0 Å². The molecule has 0 spiro atoms. The van der Waals surface area contributed by atoms with Gasteiger partial charge in [-0.05, 0) is 141 Å². The molecule has 2 aliphatic rings. The van der Waals surface area contributed by atoms with Crippen LogP contribution in [0.25, 0.3) is 44.2 Å². The molecule has 0 unspecified atom stereocenters. The topological polar surface area (TPSA) is 3.24 Å². The Kier molecular flexibility index (Phi) is 7.51. The van der Waals surface area contributed by atoms with Gasteiger partial charge in [-0.25, -0.2) is 0 Å². The summed E-state index contributed by atoms with van der Waals surface area (Å²) in [6, 6.07) is 57.2. The van der Waals surface area contributed by atoms with E-state index in [1.807, 2.05) is 0 Å². The summed E-state index contributed by atoms with van der Waals surface area (Å²) in [5.74, 6) is 0. The largest absolute Gasteiger partial charge is 0.310 e. The number of hydrogen-bond acceptors (Lipinski definition) is 1. The van der Waals surface area contributed by atoms with Crippen LogP contribution in [0.1, 0.15) is 75.6 Å². The standard InChI is InChI=1S/C50H45N/c1-5-49(6-2)45-21-15-14-20-41(45)43-32-39(26-28-46(43)49)51(38-24-22-35(23-25-38)34-16-10-9-11-17-34)40-27-29-47-44(33-40)42-30-36-18-12-13-19-37(36)31-48(42)50(47,7-3)8-4/h9-33H,5-8H2,1-4H3. The van der Waals surface area contributed by atoms with E-state index in [9.17, 15) is 0 Å². The molecule has 0 aromatic heterocycles. The van der Waals surface area contributed by atoms with E-state index in [4.69, 9.17) is 0 Å². The fraction of sp³-hybridized carbons (Fsp3) is 0.200. The van der Waals surface area contributed by atoms with Crippen LogP contribution >= 0.6 is 0 Å². The molecule has 1 heteroatoms. The van der Waals surface area contributed by atoms with Crippen LogP contribution in [0.15, 0.2) is 152 Å². The zero-order chi connectivity index (χ0) is 34.7. The van der Waals surface area contributed by atoms with Crippen molar-refractivity contribution in [2.75, 3.05) is 4.90 Å². The Morgan fingerprint density at radius 3 is 1.43 bits per heavy atom. The van der Waals surface area contributed by atoms with Crippen molar-refractivity contribution in [1.82, 2.24) is 0 Å². The lowest BCUT2D eigenvalue weighted by atomic mass is 9.73. The first-order valence-corrected chi connectivity index (χ1v) is 18.9. The van der Waals surface area contributed by atoms with Gasteiger partial charge in [-0.1, -0.05) is 131 Å². The zero-order valence-electron chi connectivity index (χ0n) is 30.2. The number of benzene rings is 7.